The van der Waals surface area contributed by atoms with Crippen LogP contribution in [-0.2, 0) is 15.7 Å². The SMILES string of the molecule is COCCOCCCNc1cc(Br)ccc1C(F)(F)F. The lowest BCUT2D eigenvalue weighted by molar-refractivity contribution is -0.137. The number of alkyl halides is 3. The summed E-state index contributed by atoms with van der Waals surface area (Å²) in [5.74, 6) is 0. The Balaban J connectivity index is 2.45. The first kappa shape index (κ1) is 17.3. The maximum Gasteiger partial charge on any atom is 0.418 e. The van der Waals surface area contributed by atoms with Gasteiger partial charge in [-0.25, -0.2) is 0 Å². The van der Waals surface area contributed by atoms with Crippen LogP contribution in [0.5, 0.6) is 0 Å². The van der Waals surface area contributed by atoms with Gasteiger partial charge >= 0.3 is 6.18 Å². The molecule has 1 N–H and O–H groups in total. The summed E-state index contributed by atoms with van der Waals surface area (Å²) in [6.45, 7) is 1.89. The summed E-state index contributed by atoms with van der Waals surface area (Å²) in [5, 5.41) is 2.79. The molecular weight excluding hydrogens is 339 g/mol. The lowest BCUT2D eigenvalue weighted by Gasteiger charge is -2.15. The van der Waals surface area contributed by atoms with Crippen molar-refractivity contribution in [1.82, 2.24) is 0 Å². The Hall–Kier alpha value is -0.790. The molecule has 0 aliphatic rings. The molecule has 0 saturated carbocycles. The maximum atomic E-state index is 12.8. The fourth-order valence-electron chi connectivity index (χ4n) is 1.55. The monoisotopic (exact) mass is 355 g/mol. The van der Waals surface area contributed by atoms with Crippen molar-refractivity contribution >= 4 is 21.6 Å². The van der Waals surface area contributed by atoms with Crippen LogP contribution in [0.1, 0.15) is 12.0 Å². The van der Waals surface area contributed by atoms with E-state index >= 15 is 0 Å². The van der Waals surface area contributed by atoms with Crippen molar-refractivity contribution in [2.24, 2.45) is 0 Å². The van der Waals surface area contributed by atoms with Gasteiger partial charge in [0.25, 0.3) is 0 Å². The Morgan fingerprint density at radius 2 is 1.95 bits per heavy atom. The van der Waals surface area contributed by atoms with Gasteiger partial charge in [-0.15, -0.1) is 0 Å². The highest BCUT2D eigenvalue weighted by molar-refractivity contribution is 9.10. The molecule has 0 amide bonds. The maximum absolute atomic E-state index is 12.8. The molecule has 0 unspecified atom stereocenters. The Morgan fingerprint density at radius 1 is 1.20 bits per heavy atom. The fourth-order valence-corrected chi connectivity index (χ4v) is 1.91. The van der Waals surface area contributed by atoms with Crippen molar-refractivity contribution in [3.05, 3.63) is 28.2 Å². The van der Waals surface area contributed by atoms with E-state index in [9.17, 15) is 13.2 Å². The van der Waals surface area contributed by atoms with E-state index in [-0.39, 0.29) is 5.69 Å². The first-order chi connectivity index (χ1) is 9.45. The fraction of sp³-hybridized carbons (Fsp3) is 0.538. The van der Waals surface area contributed by atoms with Crippen LogP contribution < -0.4 is 5.32 Å². The van der Waals surface area contributed by atoms with E-state index in [0.29, 0.717) is 37.3 Å². The van der Waals surface area contributed by atoms with E-state index in [0.717, 1.165) is 6.07 Å². The van der Waals surface area contributed by atoms with E-state index in [1.165, 1.54) is 12.1 Å². The standard InChI is InChI=1S/C13H17BrF3NO2/c1-19-7-8-20-6-2-5-18-12-9-10(14)3-4-11(12)13(15,16)17/h3-4,9,18H,2,5-8H2,1H3. The first-order valence-corrected chi connectivity index (χ1v) is 6.91. The van der Waals surface area contributed by atoms with Gasteiger partial charge in [0, 0.05) is 30.4 Å². The molecule has 0 aliphatic heterocycles. The molecule has 0 spiro atoms. The molecule has 0 aliphatic carbocycles. The molecule has 1 aromatic carbocycles. The van der Waals surface area contributed by atoms with Crippen LogP contribution >= 0.6 is 15.9 Å². The summed E-state index contributed by atoms with van der Waals surface area (Å²) in [4.78, 5) is 0. The second-order valence-corrected chi connectivity index (χ2v) is 4.99. The van der Waals surface area contributed by atoms with Gasteiger partial charge in [-0.05, 0) is 24.6 Å². The average molecular weight is 356 g/mol. The molecule has 3 nitrogen and oxygen atoms in total. The van der Waals surface area contributed by atoms with Crippen molar-refractivity contribution < 1.29 is 22.6 Å². The van der Waals surface area contributed by atoms with Gasteiger partial charge in [0.1, 0.15) is 0 Å². The minimum absolute atomic E-state index is 0.0729. The number of hydrogen-bond donors (Lipinski definition) is 1. The minimum atomic E-state index is -4.36. The van der Waals surface area contributed by atoms with E-state index < -0.39 is 11.7 Å². The molecule has 1 aromatic rings. The molecule has 0 radical (unpaired) electrons. The topological polar surface area (TPSA) is 30.5 Å². The molecule has 7 heteroatoms. The first-order valence-electron chi connectivity index (χ1n) is 6.12. The van der Waals surface area contributed by atoms with E-state index in [2.05, 4.69) is 21.2 Å². The van der Waals surface area contributed by atoms with Gasteiger partial charge in [0.15, 0.2) is 0 Å². The molecule has 0 fully saturated rings. The Bertz CT molecular complexity index is 413. The normalized spacial score (nSPS) is 11.7. The van der Waals surface area contributed by atoms with Crippen LogP contribution in [0.25, 0.3) is 0 Å². The zero-order chi connectivity index (χ0) is 15.0. The van der Waals surface area contributed by atoms with Gasteiger partial charge in [-0.1, -0.05) is 15.9 Å². The highest BCUT2D eigenvalue weighted by atomic mass is 79.9. The third-order valence-electron chi connectivity index (χ3n) is 2.50. The van der Waals surface area contributed by atoms with Crippen LogP contribution in [0.15, 0.2) is 22.7 Å². The predicted molar refractivity (Wildman–Crippen MR) is 74.9 cm³/mol. The summed E-state index contributed by atoms with van der Waals surface area (Å²) in [5.41, 5.74) is -0.593. The van der Waals surface area contributed by atoms with Crippen molar-refractivity contribution in [2.75, 3.05) is 38.8 Å². The highest BCUT2D eigenvalue weighted by Gasteiger charge is 2.33. The lowest BCUT2D eigenvalue weighted by atomic mass is 10.1. The predicted octanol–water partition coefficient (Wildman–Crippen LogP) is 3.93. The number of halogens is 4. The number of anilines is 1. The van der Waals surface area contributed by atoms with E-state index in [1.807, 2.05) is 0 Å². The van der Waals surface area contributed by atoms with E-state index in [4.69, 9.17) is 9.47 Å². The Labute approximate surface area is 124 Å². The van der Waals surface area contributed by atoms with Gasteiger partial charge in [0.05, 0.1) is 18.8 Å². The summed E-state index contributed by atoms with van der Waals surface area (Å²) in [6.07, 6.45) is -3.74. The third-order valence-corrected chi connectivity index (χ3v) is 2.99. The summed E-state index contributed by atoms with van der Waals surface area (Å²) in [6, 6.07) is 3.86. The largest absolute Gasteiger partial charge is 0.418 e. The second kappa shape index (κ2) is 8.49. The average Bonchev–Trinajstić information content (AvgIpc) is 2.36. The molecule has 0 aromatic heterocycles. The zero-order valence-corrected chi connectivity index (χ0v) is 12.7. The smallest absolute Gasteiger partial charge is 0.384 e. The lowest BCUT2D eigenvalue weighted by Crippen LogP contribution is -2.13. The summed E-state index contributed by atoms with van der Waals surface area (Å²) in [7, 11) is 1.58. The van der Waals surface area contributed by atoms with Crippen molar-refractivity contribution in [3.63, 3.8) is 0 Å². The van der Waals surface area contributed by atoms with Gasteiger partial charge in [-0.2, -0.15) is 13.2 Å². The van der Waals surface area contributed by atoms with Crippen molar-refractivity contribution in [3.8, 4) is 0 Å². The Kier molecular flexibility index (Phi) is 7.32. The number of hydrogen-bond acceptors (Lipinski definition) is 3. The molecule has 20 heavy (non-hydrogen) atoms. The quantitative estimate of drug-likeness (QED) is 0.716. The number of rotatable bonds is 8. The van der Waals surface area contributed by atoms with Crippen molar-refractivity contribution in [1.29, 1.82) is 0 Å². The second-order valence-electron chi connectivity index (χ2n) is 4.07. The molecule has 0 heterocycles. The van der Waals surface area contributed by atoms with Crippen LogP contribution in [0, 0.1) is 0 Å². The molecule has 1 rings (SSSR count). The molecular formula is C13H17BrF3NO2. The number of ether oxygens (including phenoxy) is 2. The van der Waals surface area contributed by atoms with Gasteiger partial charge in [-0.3, -0.25) is 0 Å². The van der Waals surface area contributed by atoms with Crippen LogP contribution in [0.4, 0.5) is 18.9 Å². The highest BCUT2D eigenvalue weighted by Crippen LogP contribution is 2.36. The molecule has 0 atom stereocenters. The van der Waals surface area contributed by atoms with Crippen LogP contribution in [0.3, 0.4) is 0 Å². The number of benzene rings is 1. The van der Waals surface area contributed by atoms with Crippen molar-refractivity contribution in [2.45, 2.75) is 12.6 Å². The van der Waals surface area contributed by atoms with Crippen LogP contribution in [0.2, 0.25) is 0 Å². The third kappa shape index (κ3) is 6.11. The summed E-state index contributed by atoms with van der Waals surface area (Å²) < 4.78 is 49.1. The molecule has 114 valence electrons. The van der Waals surface area contributed by atoms with E-state index in [1.54, 1.807) is 7.11 Å². The molecule has 0 saturated heterocycles. The number of methoxy groups -OCH3 is 1. The minimum Gasteiger partial charge on any atom is -0.384 e. The Morgan fingerprint density at radius 3 is 2.60 bits per heavy atom. The summed E-state index contributed by atoms with van der Waals surface area (Å²) >= 11 is 3.17. The number of nitrogens with one attached hydrogen (secondary N) is 1. The zero-order valence-electron chi connectivity index (χ0n) is 11.1. The van der Waals surface area contributed by atoms with Gasteiger partial charge in [0.2, 0.25) is 0 Å². The van der Waals surface area contributed by atoms with Crippen LogP contribution in [-0.4, -0.2) is 33.5 Å². The molecule has 0 bridgehead atoms. The van der Waals surface area contributed by atoms with Gasteiger partial charge < -0.3 is 14.8 Å².